The molecule has 1 atom stereocenters. The molecule has 0 aromatic heterocycles. The van der Waals surface area contributed by atoms with E-state index < -0.39 is 21.7 Å². The standard InChI is InChI=1S/C18H19F2NO3S/c1-2-15(4-3-11-22)21-25(23,24)16-8-5-13(6-9-16)17-10-7-14(19)12-18(17)20/h5-12,15,21H,2-4H2,1H3. The van der Waals surface area contributed by atoms with Crippen LogP contribution in [-0.4, -0.2) is 20.7 Å². The maximum Gasteiger partial charge on any atom is 0.240 e. The highest BCUT2D eigenvalue weighted by atomic mass is 32.2. The molecule has 25 heavy (non-hydrogen) atoms. The van der Waals surface area contributed by atoms with E-state index in [4.69, 9.17) is 0 Å². The summed E-state index contributed by atoms with van der Waals surface area (Å²) >= 11 is 0. The van der Waals surface area contributed by atoms with Crippen LogP contribution in [0.5, 0.6) is 0 Å². The Morgan fingerprint density at radius 1 is 1.12 bits per heavy atom. The van der Waals surface area contributed by atoms with Gasteiger partial charge in [0.05, 0.1) is 4.90 Å². The van der Waals surface area contributed by atoms with Crippen molar-refractivity contribution in [3.8, 4) is 11.1 Å². The topological polar surface area (TPSA) is 63.2 Å². The van der Waals surface area contributed by atoms with Gasteiger partial charge in [-0.1, -0.05) is 19.1 Å². The number of halogens is 2. The predicted molar refractivity (Wildman–Crippen MR) is 91.5 cm³/mol. The number of nitrogens with one attached hydrogen (secondary N) is 1. The summed E-state index contributed by atoms with van der Waals surface area (Å²) in [4.78, 5) is 10.5. The first-order valence-corrected chi connectivity index (χ1v) is 9.37. The molecule has 134 valence electrons. The minimum atomic E-state index is -3.74. The maximum atomic E-state index is 13.8. The number of sulfonamides is 1. The lowest BCUT2D eigenvalue weighted by atomic mass is 10.1. The molecule has 0 aliphatic heterocycles. The Kier molecular flexibility index (Phi) is 6.39. The van der Waals surface area contributed by atoms with Gasteiger partial charge in [0.15, 0.2) is 0 Å². The van der Waals surface area contributed by atoms with Gasteiger partial charge in [0.2, 0.25) is 10.0 Å². The molecule has 0 radical (unpaired) electrons. The number of hydrogen-bond donors (Lipinski definition) is 1. The lowest BCUT2D eigenvalue weighted by Gasteiger charge is -2.16. The van der Waals surface area contributed by atoms with E-state index in [1.165, 1.54) is 30.3 Å². The van der Waals surface area contributed by atoms with Crippen LogP contribution in [0.4, 0.5) is 8.78 Å². The fraction of sp³-hybridized carbons (Fsp3) is 0.278. The Morgan fingerprint density at radius 2 is 1.80 bits per heavy atom. The first-order valence-electron chi connectivity index (χ1n) is 7.89. The first-order chi connectivity index (χ1) is 11.9. The average molecular weight is 367 g/mol. The van der Waals surface area contributed by atoms with Gasteiger partial charge in [-0.2, -0.15) is 0 Å². The number of carbonyl (C=O) groups excluding carboxylic acids is 1. The average Bonchev–Trinajstić information content (AvgIpc) is 2.58. The lowest BCUT2D eigenvalue weighted by Crippen LogP contribution is -2.34. The zero-order valence-corrected chi connectivity index (χ0v) is 14.5. The fourth-order valence-electron chi connectivity index (χ4n) is 2.44. The lowest BCUT2D eigenvalue weighted by molar-refractivity contribution is -0.108. The molecule has 2 aromatic carbocycles. The van der Waals surface area contributed by atoms with E-state index in [2.05, 4.69) is 4.72 Å². The molecule has 0 fully saturated rings. The van der Waals surface area contributed by atoms with Gasteiger partial charge in [0.25, 0.3) is 0 Å². The Morgan fingerprint density at radius 3 is 2.36 bits per heavy atom. The van der Waals surface area contributed by atoms with Gasteiger partial charge in [0, 0.05) is 24.1 Å². The number of benzene rings is 2. The zero-order chi connectivity index (χ0) is 18.4. The largest absolute Gasteiger partial charge is 0.303 e. The fourth-order valence-corrected chi connectivity index (χ4v) is 3.79. The molecular formula is C18H19F2NO3S. The summed E-state index contributed by atoms with van der Waals surface area (Å²) in [5, 5.41) is 0. The van der Waals surface area contributed by atoms with E-state index >= 15 is 0 Å². The van der Waals surface area contributed by atoms with Crippen molar-refractivity contribution in [1.82, 2.24) is 4.72 Å². The van der Waals surface area contributed by atoms with Gasteiger partial charge in [-0.25, -0.2) is 21.9 Å². The van der Waals surface area contributed by atoms with Crippen LogP contribution < -0.4 is 4.72 Å². The number of rotatable bonds is 8. The molecule has 2 rings (SSSR count). The zero-order valence-electron chi connectivity index (χ0n) is 13.7. The van der Waals surface area contributed by atoms with Crippen molar-refractivity contribution >= 4 is 16.3 Å². The van der Waals surface area contributed by atoms with Crippen molar-refractivity contribution in [2.45, 2.75) is 37.1 Å². The summed E-state index contributed by atoms with van der Waals surface area (Å²) in [6.45, 7) is 1.83. The number of carbonyl (C=O) groups is 1. The molecular weight excluding hydrogens is 348 g/mol. The van der Waals surface area contributed by atoms with E-state index in [1.807, 2.05) is 6.92 Å². The summed E-state index contributed by atoms with van der Waals surface area (Å²) in [6.07, 6.45) is 2.02. The van der Waals surface area contributed by atoms with E-state index in [0.29, 0.717) is 18.4 Å². The monoisotopic (exact) mass is 367 g/mol. The molecule has 0 saturated heterocycles. The first kappa shape index (κ1) is 19.2. The molecule has 4 nitrogen and oxygen atoms in total. The number of aldehydes is 1. The second-order valence-corrected chi connectivity index (χ2v) is 7.33. The molecule has 1 unspecified atom stereocenters. The minimum Gasteiger partial charge on any atom is -0.303 e. The molecule has 2 aromatic rings. The van der Waals surface area contributed by atoms with Crippen molar-refractivity contribution in [3.05, 3.63) is 54.1 Å². The summed E-state index contributed by atoms with van der Waals surface area (Å²) in [5.41, 5.74) is 0.639. The highest BCUT2D eigenvalue weighted by molar-refractivity contribution is 7.89. The summed E-state index contributed by atoms with van der Waals surface area (Å²) < 4.78 is 54.1. The summed E-state index contributed by atoms with van der Waals surface area (Å²) in [6, 6.07) is 8.57. The van der Waals surface area contributed by atoms with Crippen LogP contribution in [0.3, 0.4) is 0 Å². The van der Waals surface area contributed by atoms with Crippen LogP contribution in [0.1, 0.15) is 26.2 Å². The van der Waals surface area contributed by atoms with Crippen LogP contribution in [0.2, 0.25) is 0 Å². The normalized spacial score (nSPS) is 12.8. The smallest absolute Gasteiger partial charge is 0.240 e. The summed E-state index contributed by atoms with van der Waals surface area (Å²) in [7, 11) is -3.74. The van der Waals surface area contributed by atoms with Gasteiger partial charge in [0.1, 0.15) is 17.9 Å². The van der Waals surface area contributed by atoms with Crippen molar-refractivity contribution in [3.63, 3.8) is 0 Å². The van der Waals surface area contributed by atoms with Crippen LogP contribution in [0.15, 0.2) is 47.4 Å². The van der Waals surface area contributed by atoms with E-state index in [1.54, 1.807) is 0 Å². The van der Waals surface area contributed by atoms with Crippen molar-refractivity contribution in [2.24, 2.45) is 0 Å². The predicted octanol–water partition coefficient (Wildman–Crippen LogP) is 3.67. The molecule has 1 N–H and O–H groups in total. The maximum absolute atomic E-state index is 13.8. The van der Waals surface area contributed by atoms with Gasteiger partial charge in [-0.15, -0.1) is 0 Å². The van der Waals surface area contributed by atoms with E-state index in [9.17, 15) is 22.0 Å². The molecule has 0 amide bonds. The van der Waals surface area contributed by atoms with Crippen molar-refractivity contribution < 1.29 is 22.0 Å². The Bertz CT molecular complexity index is 836. The second kappa shape index (κ2) is 8.31. The molecule has 0 bridgehead atoms. The Hall–Kier alpha value is -2.12. The second-order valence-electron chi connectivity index (χ2n) is 5.62. The number of hydrogen-bond acceptors (Lipinski definition) is 3. The van der Waals surface area contributed by atoms with Gasteiger partial charge in [-0.05, 0) is 42.7 Å². The Labute approximate surface area is 145 Å². The third-order valence-corrected chi connectivity index (χ3v) is 5.39. The third-order valence-electron chi connectivity index (χ3n) is 3.85. The minimum absolute atomic E-state index is 0.0447. The van der Waals surface area contributed by atoms with Gasteiger partial charge >= 0.3 is 0 Å². The quantitative estimate of drug-likeness (QED) is 0.724. The summed E-state index contributed by atoms with van der Waals surface area (Å²) in [5.74, 6) is -1.39. The molecule has 0 saturated carbocycles. The van der Waals surface area contributed by atoms with Crippen LogP contribution in [0.25, 0.3) is 11.1 Å². The van der Waals surface area contributed by atoms with Crippen molar-refractivity contribution in [2.75, 3.05) is 0 Å². The van der Waals surface area contributed by atoms with Crippen LogP contribution >= 0.6 is 0 Å². The highest BCUT2D eigenvalue weighted by Gasteiger charge is 2.19. The van der Waals surface area contributed by atoms with Gasteiger partial charge in [-0.3, -0.25) is 0 Å². The molecule has 0 aliphatic carbocycles. The molecule has 0 spiro atoms. The molecule has 0 aliphatic rings. The highest BCUT2D eigenvalue weighted by Crippen LogP contribution is 2.25. The van der Waals surface area contributed by atoms with Crippen LogP contribution in [0, 0.1) is 11.6 Å². The van der Waals surface area contributed by atoms with E-state index in [0.717, 1.165) is 18.4 Å². The molecule has 0 heterocycles. The Balaban J connectivity index is 2.21. The van der Waals surface area contributed by atoms with Crippen LogP contribution in [-0.2, 0) is 14.8 Å². The van der Waals surface area contributed by atoms with Crippen molar-refractivity contribution in [1.29, 1.82) is 0 Å². The SMILES string of the molecule is CCC(CCC=O)NS(=O)(=O)c1ccc(-c2ccc(F)cc2F)cc1. The van der Waals surface area contributed by atoms with E-state index in [-0.39, 0.29) is 22.9 Å². The van der Waals surface area contributed by atoms with Gasteiger partial charge < -0.3 is 4.79 Å². The molecule has 7 heteroatoms. The third kappa shape index (κ3) is 4.93.